The molecule has 0 aliphatic heterocycles. The van der Waals surface area contributed by atoms with Crippen LogP contribution in [0.1, 0.15) is 0 Å². The van der Waals surface area contributed by atoms with Crippen LogP contribution in [0, 0.1) is 0 Å². The summed E-state index contributed by atoms with van der Waals surface area (Å²) in [6, 6.07) is 146. The molecule has 9 aromatic heterocycles. The van der Waals surface area contributed by atoms with E-state index in [2.05, 4.69) is 341 Å². The number of nitrogens with zero attached hydrogens (tertiary/aromatic N) is 9. The van der Waals surface area contributed by atoms with Crippen LogP contribution in [0.4, 0.5) is 0 Å². The number of rotatable bonds is 9. The predicted molar refractivity (Wildman–Crippen MR) is 522 cm³/mol. The molecule has 18 aromatic carbocycles. The highest BCUT2D eigenvalue weighted by molar-refractivity contribution is 7.25. The van der Waals surface area contributed by atoms with E-state index < -0.39 is 0 Å². The molecule has 0 fully saturated rings. The standard InChI is InChI=1S/2C38H23N3O.C38H23N3S/c1-2-11-24(12-3-1)37-29-17-4-7-18-32(29)39-38(40-37)25-13-10-14-26(21-25)41-33-19-8-5-15-27(33)30-23-36-31(22-34(30)41)28-16-6-9-20-35(28)42-36;1-2-10-24(11-3-1)37-29-14-4-7-15-32(29)39-38(40-37)25-18-20-26(21-19-25)41-33-16-8-5-12-27(33)30-23-36-31(22-34(30)41)28-13-6-9-17-35(28)42-36;1-2-11-24(12-3-1)37-29-17-4-7-18-32(29)39-38(40-37)25-13-10-14-26(21-25)41-33-19-8-5-15-27(33)30-23-36-31(22-34(30)41)28-16-6-9-20-35(28)42-36/h3*1-23H. The van der Waals surface area contributed by atoms with Crippen LogP contribution in [0.2, 0.25) is 0 Å². The summed E-state index contributed by atoms with van der Waals surface area (Å²) in [4.78, 5) is 30.3. The van der Waals surface area contributed by atoms with E-state index >= 15 is 0 Å². The fourth-order valence-electron chi connectivity index (χ4n) is 18.8. The van der Waals surface area contributed by atoms with Crippen molar-refractivity contribution in [2.24, 2.45) is 0 Å². The Bertz CT molecular complexity index is 8710. The Morgan fingerprint density at radius 1 is 0.175 bits per heavy atom. The summed E-state index contributed by atoms with van der Waals surface area (Å²) in [5.74, 6) is 2.15. The van der Waals surface area contributed by atoms with E-state index in [1.54, 1.807) is 0 Å². The van der Waals surface area contributed by atoms with E-state index in [1.165, 1.54) is 58.1 Å². The molecular weight excluding hydrogens is 1560 g/mol. The average Bonchev–Trinajstić information content (AvgIpc) is 1.58. The van der Waals surface area contributed by atoms with E-state index in [-0.39, 0.29) is 0 Å². The first-order valence-electron chi connectivity index (χ1n) is 42.3. The van der Waals surface area contributed by atoms with Gasteiger partial charge in [0.1, 0.15) is 22.3 Å². The zero-order valence-corrected chi connectivity index (χ0v) is 68.4. The lowest BCUT2D eigenvalue weighted by atomic mass is 10.1. The van der Waals surface area contributed by atoms with Gasteiger partial charge in [-0.1, -0.05) is 279 Å². The van der Waals surface area contributed by atoms with E-state index in [1.807, 2.05) is 102 Å². The zero-order valence-electron chi connectivity index (χ0n) is 67.6. The summed E-state index contributed by atoms with van der Waals surface area (Å²) in [5, 5.41) is 17.5. The molecule has 0 radical (unpaired) electrons. The molecule has 588 valence electrons. The van der Waals surface area contributed by atoms with Gasteiger partial charge >= 0.3 is 0 Å². The first-order chi connectivity index (χ1) is 62.4. The molecule has 0 saturated carbocycles. The van der Waals surface area contributed by atoms with Crippen molar-refractivity contribution in [1.82, 2.24) is 43.6 Å². The normalized spacial score (nSPS) is 11.8. The smallest absolute Gasteiger partial charge is 0.160 e. The Morgan fingerprint density at radius 3 is 0.944 bits per heavy atom. The summed E-state index contributed by atoms with van der Waals surface area (Å²) in [6.45, 7) is 0. The van der Waals surface area contributed by atoms with Crippen LogP contribution in [0.15, 0.2) is 427 Å². The zero-order chi connectivity index (χ0) is 82.9. The van der Waals surface area contributed by atoms with E-state index in [9.17, 15) is 0 Å². The van der Waals surface area contributed by atoms with Crippen molar-refractivity contribution in [3.63, 3.8) is 0 Å². The van der Waals surface area contributed by atoms with Crippen LogP contribution in [0.5, 0.6) is 0 Å². The lowest BCUT2D eigenvalue weighted by molar-refractivity contribution is 0.669. The minimum atomic E-state index is 0.707. The van der Waals surface area contributed by atoms with Gasteiger partial charge in [-0.3, -0.25) is 0 Å². The van der Waals surface area contributed by atoms with E-state index in [0.29, 0.717) is 11.6 Å². The minimum absolute atomic E-state index is 0.707. The van der Waals surface area contributed by atoms with E-state index in [0.717, 1.165) is 177 Å². The minimum Gasteiger partial charge on any atom is -0.456 e. The van der Waals surface area contributed by atoms with Gasteiger partial charge in [-0.05, 0) is 140 Å². The summed E-state index contributed by atoms with van der Waals surface area (Å²) >= 11 is 1.86. The van der Waals surface area contributed by atoms with Crippen molar-refractivity contribution in [2.45, 2.75) is 0 Å². The number of aromatic nitrogens is 9. The fraction of sp³-hybridized carbons (Fsp3) is 0. The lowest BCUT2D eigenvalue weighted by Gasteiger charge is -2.12. The molecule has 0 N–H and O–H groups in total. The third-order valence-electron chi connectivity index (χ3n) is 24.6. The van der Waals surface area contributed by atoms with Crippen molar-refractivity contribution in [2.75, 3.05) is 0 Å². The van der Waals surface area contributed by atoms with Crippen LogP contribution in [0.25, 0.3) is 247 Å². The summed E-state index contributed by atoms with van der Waals surface area (Å²) in [5.41, 5.74) is 25.6. The Morgan fingerprint density at radius 2 is 0.508 bits per heavy atom. The lowest BCUT2D eigenvalue weighted by Crippen LogP contribution is -1.97. The average molecular weight is 1630 g/mol. The maximum Gasteiger partial charge on any atom is 0.160 e. The molecule has 0 unspecified atom stereocenters. The van der Waals surface area contributed by atoms with Gasteiger partial charge in [0.05, 0.1) is 66.7 Å². The van der Waals surface area contributed by atoms with Gasteiger partial charge in [0.25, 0.3) is 0 Å². The molecule has 27 aromatic rings. The molecule has 27 rings (SSSR count). The number of benzene rings is 18. The van der Waals surface area contributed by atoms with Gasteiger partial charge in [0.2, 0.25) is 0 Å². The van der Waals surface area contributed by atoms with Crippen molar-refractivity contribution < 1.29 is 8.83 Å². The predicted octanol–water partition coefficient (Wildman–Crippen LogP) is 30.3. The molecule has 0 aliphatic rings. The molecule has 0 saturated heterocycles. The summed E-state index contributed by atoms with van der Waals surface area (Å²) in [6.07, 6.45) is 0. The van der Waals surface area contributed by atoms with Crippen LogP contribution in [-0.2, 0) is 0 Å². The molecule has 9 heterocycles. The van der Waals surface area contributed by atoms with Gasteiger partial charge in [-0.15, -0.1) is 11.3 Å². The first kappa shape index (κ1) is 72.1. The molecule has 0 spiro atoms. The molecule has 126 heavy (non-hydrogen) atoms. The van der Waals surface area contributed by atoms with Crippen molar-refractivity contribution in [3.8, 4) is 85.0 Å². The number of hydrogen-bond acceptors (Lipinski definition) is 9. The van der Waals surface area contributed by atoms with Crippen LogP contribution in [0.3, 0.4) is 0 Å². The van der Waals surface area contributed by atoms with Crippen LogP contribution < -0.4 is 0 Å². The number of hydrogen-bond donors (Lipinski definition) is 0. The SMILES string of the molecule is c1ccc(-c2nc(-c3ccc(-n4c5ccccc5c5cc6oc7ccccc7c6cc54)cc3)nc3ccccc23)cc1.c1ccc(-c2nc(-c3cccc(-n4c5ccccc5c5cc6oc7ccccc7c6cc54)c3)nc3ccccc23)cc1.c1ccc(-c2nc(-c3cccc(-n4c5ccccc5c5cc6sc7ccccc7c6cc54)c3)nc3ccccc23)cc1. The molecular formula is C114H69N9O2S. The highest BCUT2D eigenvalue weighted by atomic mass is 32.1. The molecule has 0 aliphatic carbocycles. The molecule has 0 atom stereocenters. The highest BCUT2D eigenvalue weighted by Crippen LogP contribution is 2.45. The summed E-state index contributed by atoms with van der Waals surface area (Å²) < 4.78 is 22.2. The van der Waals surface area contributed by atoms with Crippen LogP contribution >= 0.6 is 11.3 Å². The maximum atomic E-state index is 6.26. The van der Waals surface area contributed by atoms with Crippen molar-refractivity contribution in [1.29, 1.82) is 0 Å². The second-order valence-electron chi connectivity index (χ2n) is 31.9. The Hall–Kier alpha value is -16.8. The number of fused-ring (bicyclic) bond motifs is 21. The highest BCUT2D eigenvalue weighted by Gasteiger charge is 2.24. The van der Waals surface area contributed by atoms with Crippen molar-refractivity contribution in [3.05, 3.63) is 419 Å². The fourth-order valence-corrected chi connectivity index (χ4v) is 19.9. The number of furan rings is 2. The Labute approximate surface area is 724 Å². The second-order valence-corrected chi connectivity index (χ2v) is 33.0. The van der Waals surface area contributed by atoms with E-state index in [4.69, 9.17) is 38.7 Å². The molecule has 0 amide bonds. The van der Waals surface area contributed by atoms with Crippen LogP contribution in [-0.4, -0.2) is 43.6 Å². The first-order valence-corrected chi connectivity index (χ1v) is 43.1. The molecule has 11 nitrogen and oxygen atoms in total. The largest absolute Gasteiger partial charge is 0.456 e. The van der Waals surface area contributed by atoms with Gasteiger partial charge < -0.3 is 22.5 Å². The number of para-hydroxylation sites is 8. The van der Waals surface area contributed by atoms with Gasteiger partial charge in [-0.25, -0.2) is 29.9 Å². The maximum absolute atomic E-state index is 6.26. The summed E-state index contributed by atoms with van der Waals surface area (Å²) in [7, 11) is 0. The Kier molecular flexibility index (Phi) is 16.9. The topological polar surface area (TPSA) is 118 Å². The molecule has 12 heteroatoms. The Balaban J connectivity index is 0.000000103. The van der Waals surface area contributed by atoms with Crippen molar-refractivity contribution >= 4 is 174 Å². The molecule has 0 bridgehead atoms. The van der Waals surface area contributed by atoms with Gasteiger partial charge in [0.15, 0.2) is 17.5 Å². The number of thiophene rings is 1. The third-order valence-corrected chi connectivity index (χ3v) is 25.7. The van der Waals surface area contributed by atoms with Gasteiger partial charge in [-0.2, -0.15) is 0 Å². The monoisotopic (exact) mass is 1630 g/mol. The third kappa shape index (κ3) is 12.1. The van der Waals surface area contributed by atoms with Gasteiger partial charge in [0, 0.05) is 141 Å². The second kappa shape index (κ2) is 29.5. The quantitative estimate of drug-likeness (QED) is 0.140.